The second-order valence-corrected chi connectivity index (χ2v) is 0.247. The topological polar surface area (TPSA) is 49.4 Å². The molecule has 0 aliphatic carbocycles. The molecule has 0 amide bonds. The third-order valence-corrected chi connectivity index (χ3v) is 0.0527. The van der Waals surface area contributed by atoms with Crippen LogP contribution in [0.15, 0.2) is 0 Å². The monoisotopic (exact) mass is 63.0 g/mol. The van der Waals surface area contributed by atoms with Gasteiger partial charge in [0.2, 0.25) is 0 Å². The fourth-order valence-electron chi connectivity index (χ4n) is 0. The van der Waals surface area contributed by atoms with Crippen molar-refractivity contribution in [2.75, 3.05) is 6.79 Å². The number of rotatable bonds is 1. The summed E-state index contributed by atoms with van der Waals surface area (Å²) < 4.78 is 0. The van der Waals surface area contributed by atoms with E-state index in [0.29, 0.717) is 0 Å². The van der Waals surface area contributed by atoms with Gasteiger partial charge >= 0.3 is 0 Å². The Morgan fingerprint density at radius 2 is 2.25 bits per heavy atom. The largest absolute Gasteiger partial charge is 0.368 e. The molecule has 0 spiro atoms. The predicted molar refractivity (Wildman–Crippen MR) is 8.86 cm³/mol. The lowest BCUT2D eigenvalue weighted by Crippen LogP contribution is -1.78. The van der Waals surface area contributed by atoms with Crippen LogP contribution in [-0.2, 0) is 10.1 Å². The quantitative estimate of drug-likeness (QED) is 0.248. The highest BCUT2D eigenvalue weighted by atomic mass is 17.1. The van der Waals surface area contributed by atoms with Crippen molar-refractivity contribution in [2.45, 2.75) is 0 Å². The molecule has 0 heterocycles. The molecule has 25 valence electrons. The van der Waals surface area contributed by atoms with E-state index in [4.69, 9.17) is 10.4 Å². The van der Waals surface area contributed by atoms with Gasteiger partial charge in [0.15, 0.2) is 6.79 Å². The molecule has 0 aliphatic rings. The Labute approximate surface area is 23.4 Å². The van der Waals surface area contributed by atoms with Crippen molar-refractivity contribution in [3.8, 4) is 0 Å². The van der Waals surface area contributed by atoms with Crippen LogP contribution in [0.25, 0.3) is 0 Å². The molecule has 0 saturated heterocycles. The summed E-state index contributed by atoms with van der Waals surface area (Å²) in [5.41, 5.74) is 0. The molecule has 4 heavy (non-hydrogen) atoms. The van der Waals surface area contributed by atoms with Crippen molar-refractivity contribution < 1.29 is 15.3 Å². The smallest absolute Gasteiger partial charge is 0.181 e. The summed E-state index contributed by atoms with van der Waals surface area (Å²) in [6.07, 6.45) is 0. The number of hydrogen-bond acceptors (Lipinski definition) is 2. The number of aliphatic hydroxyl groups is 1. The van der Waals surface area contributed by atoms with Gasteiger partial charge in [-0.15, -0.1) is 0 Å². The maximum atomic E-state index is 8.55. The minimum absolute atomic E-state index is 0.736. The van der Waals surface area contributed by atoms with E-state index < -0.39 is 6.79 Å². The molecule has 3 heteroatoms. The number of hydrogen-bond donors (Lipinski definition) is 1. The molecular formula is CH3O3. The fraction of sp³-hybridized carbons (Fsp3) is 1.00. The van der Waals surface area contributed by atoms with Gasteiger partial charge in [0, 0.05) is 0 Å². The average molecular weight is 63.0 g/mol. The maximum absolute atomic E-state index is 8.55. The van der Waals surface area contributed by atoms with Crippen molar-refractivity contribution in [1.82, 2.24) is 0 Å². The van der Waals surface area contributed by atoms with Gasteiger partial charge in [-0.3, -0.25) is 0 Å². The van der Waals surface area contributed by atoms with Crippen LogP contribution in [0.4, 0.5) is 0 Å². The Bertz CT molecular complexity index is 5.25. The van der Waals surface area contributed by atoms with E-state index in [1.165, 1.54) is 0 Å². The fourth-order valence-corrected chi connectivity index (χ4v) is 0. The van der Waals surface area contributed by atoms with Crippen LogP contribution >= 0.6 is 0 Å². The van der Waals surface area contributed by atoms with Crippen LogP contribution in [0, 0.1) is 0 Å². The summed E-state index contributed by atoms with van der Waals surface area (Å²) in [5.74, 6) is 0. The molecule has 0 atom stereocenters. The van der Waals surface area contributed by atoms with Gasteiger partial charge in [0.05, 0.1) is 0 Å². The minimum Gasteiger partial charge on any atom is -0.368 e. The average Bonchev–Trinajstić information content (AvgIpc) is 1.37. The Kier molecular flexibility index (Phi) is 2.79. The van der Waals surface area contributed by atoms with Crippen LogP contribution in [0.5, 0.6) is 0 Å². The van der Waals surface area contributed by atoms with E-state index in [1.807, 2.05) is 0 Å². The molecular weight excluding hydrogens is 60.0 g/mol. The predicted octanol–water partition coefficient (Wildman–Crippen LogP) is -0.702. The van der Waals surface area contributed by atoms with Crippen molar-refractivity contribution in [2.24, 2.45) is 0 Å². The van der Waals surface area contributed by atoms with Gasteiger partial charge < -0.3 is 5.11 Å². The molecule has 1 radical (unpaired) electrons. The molecule has 0 rings (SSSR count). The summed E-state index contributed by atoms with van der Waals surface area (Å²) in [4.78, 5) is 2.85. The summed E-state index contributed by atoms with van der Waals surface area (Å²) in [7, 11) is 0. The van der Waals surface area contributed by atoms with Crippen LogP contribution < -0.4 is 0 Å². The highest BCUT2D eigenvalue weighted by Gasteiger charge is 1.58. The van der Waals surface area contributed by atoms with Gasteiger partial charge in [-0.2, -0.15) is 4.89 Å². The number of aliphatic hydroxyl groups excluding tert-OH is 1. The van der Waals surface area contributed by atoms with E-state index in [-0.39, 0.29) is 0 Å². The molecule has 0 bridgehead atoms. The zero-order valence-electron chi connectivity index (χ0n) is 1.97. The van der Waals surface area contributed by atoms with Crippen molar-refractivity contribution >= 4 is 0 Å². The first-order valence-corrected chi connectivity index (χ1v) is 0.772. The molecule has 0 unspecified atom stereocenters. The second kappa shape index (κ2) is 2.88. The summed E-state index contributed by atoms with van der Waals surface area (Å²) in [6, 6.07) is 0. The van der Waals surface area contributed by atoms with Crippen LogP contribution in [0.1, 0.15) is 0 Å². The van der Waals surface area contributed by atoms with E-state index in [9.17, 15) is 0 Å². The lowest BCUT2D eigenvalue weighted by atomic mass is 11.5. The van der Waals surface area contributed by atoms with Gasteiger partial charge in [-0.05, 0) is 5.26 Å². The third-order valence-electron chi connectivity index (χ3n) is 0.0527. The maximum Gasteiger partial charge on any atom is 0.181 e. The summed E-state index contributed by atoms with van der Waals surface area (Å²) in [6.45, 7) is -0.736. The first kappa shape index (κ1) is 3.88. The highest BCUT2D eigenvalue weighted by Crippen LogP contribution is 1.47. The van der Waals surface area contributed by atoms with Crippen LogP contribution in [-0.4, -0.2) is 11.9 Å². The Hall–Kier alpha value is -0.120. The standard InChI is InChI=1S/CH3O3/c2-1-4-3/h2H,1H2. The van der Waals surface area contributed by atoms with Crippen molar-refractivity contribution in [3.63, 3.8) is 0 Å². The van der Waals surface area contributed by atoms with E-state index in [1.54, 1.807) is 0 Å². The van der Waals surface area contributed by atoms with Gasteiger partial charge in [-0.1, -0.05) is 0 Å². The van der Waals surface area contributed by atoms with Gasteiger partial charge in [0.25, 0.3) is 0 Å². The zero-order valence-corrected chi connectivity index (χ0v) is 1.97. The first-order chi connectivity index (χ1) is 1.91. The lowest BCUT2D eigenvalue weighted by molar-refractivity contribution is -0.338. The zero-order chi connectivity index (χ0) is 3.41. The Balaban J connectivity index is 1.97. The molecule has 0 aromatic carbocycles. The van der Waals surface area contributed by atoms with Crippen LogP contribution in [0.3, 0.4) is 0 Å². The molecule has 0 fully saturated rings. The van der Waals surface area contributed by atoms with Gasteiger partial charge in [-0.25, -0.2) is 0 Å². The Morgan fingerprint density at radius 3 is 2.25 bits per heavy atom. The molecule has 0 saturated carbocycles. The molecule has 0 aromatic heterocycles. The molecule has 0 aliphatic heterocycles. The SMILES string of the molecule is [O]OCO. The van der Waals surface area contributed by atoms with Gasteiger partial charge in [0.1, 0.15) is 0 Å². The molecule has 0 aromatic rings. The van der Waals surface area contributed by atoms with Crippen molar-refractivity contribution in [3.05, 3.63) is 0 Å². The lowest BCUT2D eigenvalue weighted by Gasteiger charge is -1.68. The second-order valence-electron chi connectivity index (χ2n) is 0.247. The normalized spacial score (nSPS) is 7.50. The minimum atomic E-state index is -0.736. The van der Waals surface area contributed by atoms with E-state index in [0.717, 1.165) is 0 Å². The van der Waals surface area contributed by atoms with E-state index in [2.05, 4.69) is 4.89 Å². The third kappa shape index (κ3) is 1.88. The van der Waals surface area contributed by atoms with Crippen molar-refractivity contribution in [1.29, 1.82) is 0 Å². The summed E-state index contributed by atoms with van der Waals surface area (Å²) >= 11 is 0. The Morgan fingerprint density at radius 1 is 2.00 bits per heavy atom. The highest BCUT2D eigenvalue weighted by molar-refractivity contribution is 3.58. The van der Waals surface area contributed by atoms with Crippen LogP contribution in [0.2, 0.25) is 0 Å². The molecule has 1 N–H and O–H groups in total. The molecule has 3 nitrogen and oxygen atoms in total. The van der Waals surface area contributed by atoms with E-state index >= 15 is 0 Å². The first-order valence-electron chi connectivity index (χ1n) is 0.772. The summed E-state index contributed by atoms with van der Waals surface area (Å²) in [5, 5.41) is 15.9.